The molecule has 1 heterocycles. The highest BCUT2D eigenvalue weighted by molar-refractivity contribution is 8.00. The van der Waals surface area contributed by atoms with Gasteiger partial charge in [0.1, 0.15) is 6.10 Å². The lowest BCUT2D eigenvalue weighted by Crippen LogP contribution is -2.57. The van der Waals surface area contributed by atoms with Gasteiger partial charge in [-0.2, -0.15) is 0 Å². The van der Waals surface area contributed by atoms with Crippen molar-refractivity contribution >= 4 is 17.7 Å². The van der Waals surface area contributed by atoms with Gasteiger partial charge >= 0.3 is 5.97 Å². The fourth-order valence-corrected chi connectivity index (χ4v) is 5.15. The number of hydrogen-bond donors (Lipinski definition) is 6. The second kappa shape index (κ2) is 7.94. The number of rotatable bonds is 6. The number of aliphatic hydroxyl groups excluding tert-OH is 4. The lowest BCUT2D eigenvalue weighted by Gasteiger charge is -2.43. The molecule has 0 amide bonds. The van der Waals surface area contributed by atoms with E-state index in [1.54, 1.807) is 0 Å². The van der Waals surface area contributed by atoms with E-state index in [4.69, 9.17) is 5.11 Å². The lowest BCUT2D eigenvalue weighted by atomic mass is 9.90. The average Bonchev–Trinajstić information content (AvgIpc) is 2.93. The van der Waals surface area contributed by atoms with Gasteiger partial charge in [-0.25, -0.2) is 0 Å². The molecule has 7 atom stereocenters. The molecule has 0 aromatic heterocycles. The van der Waals surface area contributed by atoms with E-state index >= 15 is 0 Å². The molecule has 2 aliphatic rings. The van der Waals surface area contributed by atoms with Crippen molar-refractivity contribution in [1.82, 2.24) is 5.32 Å². The summed E-state index contributed by atoms with van der Waals surface area (Å²) in [4.78, 5) is 10.6. The van der Waals surface area contributed by atoms with E-state index in [2.05, 4.69) is 5.32 Å². The number of nitrogens with one attached hydrogen (secondary N) is 1. The summed E-state index contributed by atoms with van der Waals surface area (Å²) in [6.07, 6.45) is -0.651. The third-order valence-corrected chi connectivity index (χ3v) is 6.39. The summed E-state index contributed by atoms with van der Waals surface area (Å²) in [5, 5.41) is 50.6. The third kappa shape index (κ3) is 3.93. The summed E-state index contributed by atoms with van der Waals surface area (Å²) in [7, 11) is 0. The van der Waals surface area contributed by atoms with Crippen LogP contribution in [0, 0.1) is 5.92 Å². The smallest absolute Gasteiger partial charge is 0.304 e. The molecule has 6 N–H and O–H groups in total. The first-order valence-electron chi connectivity index (χ1n) is 7.71. The molecule has 0 radical (unpaired) electrons. The molecule has 2 rings (SSSR count). The van der Waals surface area contributed by atoms with Crippen LogP contribution in [0.2, 0.25) is 0 Å². The van der Waals surface area contributed by atoms with Gasteiger partial charge in [0.05, 0.1) is 30.5 Å². The van der Waals surface area contributed by atoms with Gasteiger partial charge in [-0.1, -0.05) is 6.42 Å². The van der Waals surface area contributed by atoms with E-state index in [-0.39, 0.29) is 30.2 Å². The van der Waals surface area contributed by atoms with Gasteiger partial charge in [-0.05, 0) is 18.8 Å². The standard InChI is InChI=1S/C14H25NO6S/c16-6-9-11(19)12(20)13(21)14(22-9)7-2-1-3-8(7)15-5-4-10(17)18/h7-9,11-16,19-21H,1-6H2,(H,17,18)/t7?,8?,9-,11+,12+,13-,14+/m1/s1. The quantitative estimate of drug-likeness (QED) is 0.356. The monoisotopic (exact) mass is 335 g/mol. The maximum atomic E-state index is 10.6. The summed E-state index contributed by atoms with van der Waals surface area (Å²) in [6.45, 7) is 0.120. The molecule has 22 heavy (non-hydrogen) atoms. The van der Waals surface area contributed by atoms with Crippen LogP contribution in [0.25, 0.3) is 0 Å². The SMILES string of the molecule is O=C(O)CCNC1CCCC1[C@@H]1S[C@H](CO)[C@H](O)[C@H](O)[C@H]1O. The van der Waals surface area contributed by atoms with Crippen LogP contribution < -0.4 is 5.32 Å². The zero-order valence-corrected chi connectivity index (χ0v) is 13.2. The van der Waals surface area contributed by atoms with Crippen LogP contribution in [-0.2, 0) is 4.79 Å². The van der Waals surface area contributed by atoms with Gasteiger partial charge in [0.15, 0.2) is 0 Å². The number of aliphatic hydroxyl groups is 4. The predicted molar refractivity (Wildman–Crippen MR) is 81.7 cm³/mol. The van der Waals surface area contributed by atoms with E-state index in [9.17, 15) is 25.2 Å². The normalized spacial score (nSPS) is 42.5. The van der Waals surface area contributed by atoms with E-state index in [1.807, 2.05) is 0 Å². The van der Waals surface area contributed by atoms with E-state index in [0.717, 1.165) is 19.3 Å². The van der Waals surface area contributed by atoms with Gasteiger partial charge in [-0.3, -0.25) is 4.79 Å². The van der Waals surface area contributed by atoms with Crippen LogP contribution in [0.1, 0.15) is 25.7 Å². The first-order chi connectivity index (χ1) is 10.5. The molecule has 1 aliphatic heterocycles. The van der Waals surface area contributed by atoms with Crippen molar-refractivity contribution in [2.45, 2.75) is 60.5 Å². The Morgan fingerprint density at radius 3 is 2.50 bits per heavy atom. The van der Waals surface area contributed by atoms with Crippen molar-refractivity contribution in [1.29, 1.82) is 0 Å². The second-order valence-corrected chi connectivity index (χ2v) is 7.51. The minimum atomic E-state index is -1.26. The Morgan fingerprint density at radius 1 is 1.14 bits per heavy atom. The van der Waals surface area contributed by atoms with Gasteiger partial charge in [0.2, 0.25) is 0 Å². The Labute approximate surface area is 133 Å². The molecule has 0 aromatic carbocycles. The van der Waals surface area contributed by atoms with Crippen molar-refractivity contribution < 1.29 is 30.3 Å². The Morgan fingerprint density at radius 2 is 1.86 bits per heavy atom. The summed E-state index contributed by atoms with van der Waals surface area (Å²) < 4.78 is 0. The fraction of sp³-hybridized carbons (Fsp3) is 0.929. The molecule has 0 spiro atoms. The molecule has 128 valence electrons. The molecule has 2 fully saturated rings. The van der Waals surface area contributed by atoms with Gasteiger partial charge in [0, 0.05) is 17.8 Å². The highest BCUT2D eigenvalue weighted by Gasteiger charge is 2.48. The van der Waals surface area contributed by atoms with E-state index in [1.165, 1.54) is 11.8 Å². The van der Waals surface area contributed by atoms with Crippen LogP contribution >= 0.6 is 11.8 Å². The first-order valence-corrected chi connectivity index (χ1v) is 8.65. The lowest BCUT2D eigenvalue weighted by molar-refractivity contribution is -0.136. The maximum absolute atomic E-state index is 10.6. The number of aliphatic carboxylic acids is 1. The summed E-state index contributed by atoms with van der Waals surface area (Å²) in [6, 6.07) is 0.0910. The number of hydrogen-bond acceptors (Lipinski definition) is 7. The Kier molecular flexibility index (Phi) is 6.48. The van der Waals surface area contributed by atoms with Crippen LogP contribution in [0.5, 0.6) is 0 Å². The molecule has 1 saturated carbocycles. The zero-order valence-electron chi connectivity index (χ0n) is 12.3. The Bertz CT molecular complexity index is 382. The van der Waals surface area contributed by atoms with Crippen LogP contribution in [0.15, 0.2) is 0 Å². The molecule has 0 bridgehead atoms. The summed E-state index contributed by atoms with van der Waals surface area (Å²) in [5.41, 5.74) is 0. The van der Waals surface area contributed by atoms with Crippen LogP contribution in [0.4, 0.5) is 0 Å². The Hall–Kier alpha value is -0.380. The minimum absolute atomic E-state index is 0.0458. The molecule has 1 aliphatic carbocycles. The van der Waals surface area contributed by atoms with Crippen molar-refractivity contribution in [3.05, 3.63) is 0 Å². The molecular formula is C14H25NO6S. The van der Waals surface area contributed by atoms with Gasteiger partial charge < -0.3 is 30.8 Å². The van der Waals surface area contributed by atoms with Crippen LogP contribution in [0.3, 0.4) is 0 Å². The second-order valence-electron chi connectivity index (χ2n) is 6.09. The van der Waals surface area contributed by atoms with Crippen molar-refractivity contribution in [3.63, 3.8) is 0 Å². The van der Waals surface area contributed by atoms with Crippen molar-refractivity contribution in [2.24, 2.45) is 5.92 Å². The van der Waals surface area contributed by atoms with Crippen molar-refractivity contribution in [3.8, 4) is 0 Å². The fourth-order valence-electron chi connectivity index (χ4n) is 3.48. The summed E-state index contributed by atoms with van der Waals surface area (Å²) >= 11 is 1.33. The molecular weight excluding hydrogens is 310 g/mol. The first kappa shape index (κ1) is 18.0. The number of carbonyl (C=O) groups is 1. The van der Waals surface area contributed by atoms with E-state index < -0.39 is 29.5 Å². The number of thioether (sulfide) groups is 1. The number of carboxylic acid groups (broad SMARTS) is 1. The highest BCUT2D eigenvalue weighted by Crippen LogP contribution is 2.42. The molecule has 7 nitrogen and oxygen atoms in total. The molecule has 1 saturated heterocycles. The average molecular weight is 335 g/mol. The zero-order chi connectivity index (χ0) is 16.3. The van der Waals surface area contributed by atoms with Gasteiger partial charge in [0.25, 0.3) is 0 Å². The Balaban J connectivity index is 1.99. The molecule has 0 aromatic rings. The maximum Gasteiger partial charge on any atom is 0.304 e. The predicted octanol–water partition coefficient (Wildman–Crippen LogP) is -1.22. The van der Waals surface area contributed by atoms with Gasteiger partial charge in [-0.15, -0.1) is 11.8 Å². The van der Waals surface area contributed by atoms with E-state index in [0.29, 0.717) is 6.54 Å². The largest absolute Gasteiger partial charge is 0.481 e. The highest BCUT2D eigenvalue weighted by atomic mass is 32.2. The van der Waals surface area contributed by atoms with Crippen LogP contribution in [-0.4, -0.2) is 79.5 Å². The van der Waals surface area contributed by atoms with Crippen molar-refractivity contribution in [2.75, 3.05) is 13.2 Å². The topological polar surface area (TPSA) is 130 Å². The minimum Gasteiger partial charge on any atom is -0.481 e. The third-order valence-electron chi connectivity index (χ3n) is 4.67. The molecule has 2 unspecified atom stereocenters. The summed E-state index contributed by atoms with van der Waals surface area (Å²) in [5.74, 6) is -0.766. The number of carboxylic acids is 1. The molecule has 8 heteroatoms.